The molecule has 0 radical (unpaired) electrons. The predicted molar refractivity (Wildman–Crippen MR) is 91.3 cm³/mol. The molecule has 2 atom stereocenters. The highest BCUT2D eigenvalue weighted by Gasteiger charge is 2.37. The third-order valence-electron chi connectivity index (χ3n) is 3.39. The molecular formula is C15H23BrN2O3S. The van der Waals surface area contributed by atoms with E-state index < -0.39 is 5.60 Å². The smallest absolute Gasteiger partial charge is 0.410 e. The minimum Gasteiger partial charge on any atom is -0.444 e. The topological polar surface area (TPSA) is 50.8 Å². The molecule has 1 fully saturated rings. The van der Waals surface area contributed by atoms with E-state index in [9.17, 15) is 4.79 Å². The fourth-order valence-corrected chi connectivity index (χ4v) is 3.80. The second-order valence-electron chi connectivity index (χ2n) is 6.35. The number of rotatable bonds is 4. The first-order valence-corrected chi connectivity index (χ1v) is 8.88. The molecule has 124 valence electrons. The fourth-order valence-electron chi connectivity index (χ4n) is 2.36. The van der Waals surface area contributed by atoms with Crippen LogP contribution in [-0.2, 0) is 16.0 Å². The third-order valence-corrected chi connectivity index (χ3v) is 5.01. The number of hydrogen-bond donors (Lipinski definition) is 1. The lowest BCUT2D eigenvalue weighted by Crippen LogP contribution is -2.40. The molecule has 2 rings (SSSR count). The van der Waals surface area contributed by atoms with Gasteiger partial charge in [-0.1, -0.05) is 0 Å². The lowest BCUT2D eigenvalue weighted by atomic mass is 10.2. The molecule has 0 aliphatic carbocycles. The molecule has 1 aliphatic rings. The van der Waals surface area contributed by atoms with Crippen LogP contribution in [0.2, 0.25) is 0 Å². The van der Waals surface area contributed by atoms with Gasteiger partial charge in [-0.15, -0.1) is 11.3 Å². The van der Waals surface area contributed by atoms with Gasteiger partial charge in [-0.05, 0) is 48.8 Å². The van der Waals surface area contributed by atoms with Crippen LogP contribution in [0.25, 0.3) is 0 Å². The lowest BCUT2D eigenvalue weighted by Gasteiger charge is -2.24. The second kappa shape index (κ2) is 7.29. The molecule has 0 spiro atoms. The maximum Gasteiger partial charge on any atom is 0.410 e. The average molecular weight is 391 g/mol. The Morgan fingerprint density at radius 1 is 1.45 bits per heavy atom. The van der Waals surface area contributed by atoms with E-state index >= 15 is 0 Å². The van der Waals surface area contributed by atoms with Crippen molar-refractivity contribution < 1.29 is 14.3 Å². The summed E-state index contributed by atoms with van der Waals surface area (Å²) in [6.07, 6.45) is -0.298. The highest BCUT2D eigenvalue weighted by Crippen LogP contribution is 2.23. The SMILES string of the molecule is CO[C@H]1CN(C(=O)OC(C)(C)C)CC1NCc1ccc(Br)s1. The number of halogens is 1. The van der Waals surface area contributed by atoms with Crippen LogP contribution in [0.5, 0.6) is 0 Å². The molecule has 2 heterocycles. The normalized spacial score (nSPS) is 22.1. The number of thiophene rings is 1. The van der Waals surface area contributed by atoms with Crippen molar-refractivity contribution in [1.29, 1.82) is 0 Å². The summed E-state index contributed by atoms with van der Waals surface area (Å²) in [5, 5.41) is 3.48. The van der Waals surface area contributed by atoms with Gasteiger partial charge in [-0.3, -0.25) is 0 Å². The van der Waals surface area contributed by atoms with Gasteiger partial charge in [-0.25, -0.2) is 4.79 Å². The number of carbonyl (C=O) groups is 1. The molecule has 0 saturated carbocycles. The summed E-state index contributed by atoms with van der Waals surface area (Å²) in [5.74, 6) is 0. The maximum absolute atomic E-state index is 12.2. The largest absolute Gasteiger partial charge is 0.444 e. The van der Waals surface area contributed by atoms with Crippen LogP contribution < -0.4 is 5.32 Å². The first kappa shape index (κ1) is 17.7. The molecule has 7 heteroatoms. The Labute approximate surface area is 144 Å². The van der Waals surface area contributed by atoms with Crippen LogP contribution in [0, 0.1) is 0 Å². The van der Waals surface area contributed by atoms with Crippen molar-refractivity contribution in [3.05, 3.63) is 20.8 Å². The fraction of sp³-hybridized carbons (Fsp3) is 0.667. The van der Waals surface area contributed by atoms with E-state index in [0.29, 0.717) is 13.1 Å². The van der Waals surface area contributed by atoms with Gasteiger partial charge in [-0.2, -0.15) is 0 Å². The van der Waals surface area contributed by atoms with Gasteiger partial charge in [0.2, 0.25) is 0 Å². The van der Waals surface area contributed by atoms with Crippen LogP contribution in [-0.4, -0.2) is 48.9 Å². The molecule has 1 saturated heterocycles. The predicted octanol–water partition coefficient (Wildman–Crippen LogP) is 3.23. The Morgan fingerprint density at radius 3 is 2.73 bits per heavy atom. The van der Waals surface area contributed by atoms with Gasteiger partial charge in [0.05, 0.1) is 22.5 Å². The van der Waals surface area contributed by atoms with E-state index in [0.717, 1.165) is 10.3 Å². The molecule has 1 aliphatic heterocycles. The number of nitrogens with zero attached hydrogens (tertiary/aromatic N) is 1. The van der Waals surface area contributed by atoms with Crippen molar-refractivity contribution in [2.45, 2.75) is 45.1 Å². The van der Waals surface area contributed by atoms with E-state index in [1.54, 1.807) is 23.3 Å². The van der Waals surface area contributed by atoms with Crippen LogP contribution in [0.3, 0.4) is 0 Å². The summed E-state index contributed by atoms with van der Waals surface area (Å²) in [6.45, 7) is 7.54. The zero-order valence-corrected chi connectivity index (χ0v) is 15.8. The maximum atomic E-state index is 12.2. The number of amides is 1. The molecule has 0 aromatic carbocycles. The minimum absolute atomic E-state index is 0.0177. The first-order chi connectivity index (χ1) is 10.3. The van der Waals surface area contributed by atoms with E-state index in [1.807, 2.05) is 26.8 Å². The van der Waals surface area contributed by atoms with Crippen molar-refractivity contribution in [1.82, 2.24) is 10.2 Å². The Balaban J connectivity index is 1.90. The number of methoxy groups -OCH3 is 1. The minimum atomic E-state index is -0.478. The summed E-state index contributed by atoms with van der Waals surface area (Å²) in [4.78, 5) is 15.1. The summed E-state index contributed by atoms with van der Waals surface area (Å²) in [7, 11) is 1.68. The van der Waals surface area contributed by atoms with Crippen LogP contribution >= 0.6 is 27.3 Å². The summed E-state index contributed by atoms with van der Waals surface area (Å²) >= 11 is 5.17. The monoisotopic (exact) mass is 390 g/mol. The van der Waals surface area contributed by atoms with E-state index in [-0.39, 0.29) is 18.2 Å². The zero-order valence-electron chi connectivity index (χ0n) is 13.4. The molecule has 1 aromatic rings. The number of hydrogen-bond acceptors (Lipinski definition) is 5. The molecule has 5 nitrogen and oxygen atoms in total. The molecule has 1 N–H and O–H groups in total. The summed E-state index contributed by atoms with van der Waals surface area (Å²) < 4.78 is 12.1. The molecule has 1 unspecified atom stereocenters. The van der Waals surface area contributed by atoms with Gasteiger partial charge in [0.25, 0.3) is 0 Å². The quantitative estimate of drug-likeness (QED) is 0.856. The van der Waals surface area contributed by atoms with E-state index in [1.165, 1.54) is 4.88 Å². The Morgan fingerprint density at radius 2 is 2.18 bits per heavy atom. The van der Waals surface area contributed by atoms with Crippen molar-refractivity contribution in [2.75, 3.05) is 20.2 Å². The van der Waals surface area contributed by atoms with Gasteiger partial charge in [0, 0.05) is 25.1 Å². The highest BCUT2D eigenvalue weighted by atomic mass is 79.9. The number of likely N-dealkylation sites (tertiary alicyclic amines) is 1. The zero-order chi connectivity index (χ0) is 16.3. The van der Waals surface area contributed by atoms with Gasteiger partial charge >= 0.3 is 6.09 Å². The summed E-state index contributed by atoms with van der Waals surface area (Å²) in [6, 6.07) is 4.24. The Kier molecular flexibility index (Phi) is 5.87. The molecule has 1 aromatic heterocycles. The number of carbonyl (C=O) groups excluding carboxylic acids is 1. The van der Waals surface area contributed by atoms with Crippen LogP contribution in [0.15, 0.2) is 15.9 Å². The van der Waals surface area contributed by atoms with Crippen LogP contribution in [0.1, 0.15) is 25.6 Å². The average Bonchev–Trinajstić information content (AvgIpc) is 3.00. The number of ether oxygens (including phenoxy) is 2. The van der Waals surface area contributed by atoms with Gasteiger partial charge in [0.1, 0.15) is 5.60 Å². The molecule has 0 bridgehead atoms. The molecule has 1 amide bonds. The Bertz CT molecular complexity index is 515. The number of nitrogens with one attached hydrogen (secondary N) is 1. The first-order valence-electron chi connectivity index (χ1n) is 7.27. The van der Waals surface area contributed by atoms with Crippen molar-refractivity contribution in [2.24, 2.45) is 0 Å². The second-order valence-corrected chi connectivity index (χ2v) is 8.90. The van der Waals surface area contributed by atoms with Gasteiger partial charge in [0.15, 0.2) is 0 Å². The Hall–Kier alpha value is -0.630. The van der Waals surface area contributed by atoms with Gasteiger partial charge < -0.3 is 19.7 Å². The van der Waals surface area contributed by atoms with Crippen molar-refractivity contribution in [3.8, 4) is 0 Å². The standard InChI is InChI=1S/C15H23BrN2O3S/c1-15(2,3)21-14(19)18-8-11(12(9-18)20-4)17-7-10-5-6-13(16)22-10/h5-6,11-12,17H,7-9H2,1-4H3/t11?,12-/m0/s1. The van der Waals surface area contributed by atoms with Crippen molar-refractivity contribution in [3.63, 3.8) is 0 Å². The van der Waals surface area contributed by atoms with Crippen molar-refractivity contribution >= 4 is 33.4 Å². The van der Waals surface area contributed by atoms with E-state index in [2.05, 4.69) is 27.3 Å². The molecule has 22 heavy (non-hydrogen) atoms. The highest BCUT2D eigenvalue weighted by molar-refractivity contribution is 9.11. The molecular weight excluding hydrogens is 368 g/mol. The van der Waals surface area contributed by atoms with Crippen LogP contribution in [0.4, 0.5) is 4.79 Å². The van der Waals surface area contributed by atoms with E-state index in [4.69, 9.17) is 9.47 Å². The lowest BCUT2D eigenvalue weighted by molar-refractivity contribution is 0.0252. The third kappa shape index (κ3) is 4.94. The summed E-state index contributed by atoms with van der Waals surface area (Å²) in [5.41, 5.74) is -0.478.